The highest BCUT2D eigenvalue weighted by atomic mass is 15.2. The molecule has 0 amide bonds. The standard InChI is InChI=1S/C10H14N2.C3H8/c1-4-8-12(9-5-1)10-6-2-3-7-11-10;1-3-2/h2-3,6-7H,1,4-5,8-9H2;3H2,1-2H3. The Labute approximate surface area is 93.3 Å². The van der Waals surface area contributed by atoms with Gasteiger partial charge in [-0.2, -0.15) is 0 Å². The van der Waals surface area contributed by atoms with Crippen molar-refractivity contribution in [3.8, 4) is 0 Å². The Morgan fingerprint density at radius 1 is 1.13 bits per heavy atom. The van der Waals surface area contributed by atoms with Gasteiger partial charge in [0.25, 0.3) is 0 Å². The van der Waals surface area contributed by atoms with Crippen molar-refractivity contribution in [2.75, 3.05) is 18.0 Å². The van der Waals surface area contributed by atoms with Crippen molar-refractivity contribution in [3.63, 3.8) is 0 Å². The van der Waals surface area contributed by atoms with Gasteiger partial charge in [0.1, 0.15) is 5.82 Å². The van der Waals surface area contributed by atoms with Crippen molar-refractivity contribution in [2.24, 2.45) is 0 Å². The highest BCUT2D eigenvalue weighted by Gasteiger charge is 2.10. The van der Waals surface area contributed by atoms with E-state index in [0.29, 0.717) is 0 Å². The lowest BCUT2D eigenvalue weighted by Crippen LogP contribution is -2.29. The fourth-order valence-corrected chi connectivity index (χ4v) is 1.66. The zero-order chi connectivity index (χ0) is 10.9. The quantitative estimate of drug-likeness (QED) is 0.699. The van der Waals surface area contributed by atoms with Crippen LogP contribution in [0, 0.1) is 0 Å². The summed E-state index contributed by atoms with van der Waals surface area (Å²) in [7, 11) is 0. The first kappa shape index (κ1) is 12.0. The normalized spacial score (nSPS) is 15.5. The molecule has 0 aliphatic carbocycles. The van der Waals surface area contributed by atoms with Crippen LogP contribution in [0.1, 0.15) is 39.5 Å². The molecule has 84 valence electrons. The fraction of sp³-hybridized carbons (Fsp3) is 0.615. The summed E-state index contributed by atoms with van der Waals surface area (Å²) in [6.07, 6.45) is 7.13. The van der Waals surface area contributed by atoms with Gasteiger partial charge >= 0.3 is 0 Å². The minimum Gasteiger partial charge on any atom is -0.357 e. The smallest absolute Gasteiger partial charge is 0.128 e. The maximum Gasteiger partial charge on any atom is 0.128 e. The SMILES string of the molecule is CCC.c1ccc(N2CCCCC2)nc1. The van der Waals surface area contributed by atoms with Crippen molar-refractivity contribution in [1.82, 2.24) is 4.98 Å². The molecule has 1 aliphatic rings. The summed E-state index contributed by atoms with van der Waals surface area (Å²) in [6.45, 7) is 6.61. The molecule has 0 atom stereocenters. The lowest BCUT2D eigenvalue weighted by molar-refractivity contribution is 0.573. The van der Waals surface area contributed by atoms with E-state index in [2.05, 4.69) is 35.9 Å². The first-order valence-corrected chi connectivity index (χ1v) is 6.04. The number of piperidine rings is 1. The molecule has 0 bridgehead atoms. The van der Waals surface area contributed by atoms with Crippen LogP contribution in [-0.4, -0.2) is 18.1 Å². The van der Waals surface area contributed by atoms with Crippen LogP contribution in [0.2, 0.25) is 0 Å². The molecule has 0 spiro atoms. The average Bonchev–Trinajstić information content (AvgIpc) is 2.32. The van der Waals surface area contributed by atoms with Crippen molar-refractivity contribution >= 4 is 5.82 Å². The summed E-state index contributed by atoms with van der Waals surface area (Å²) in [5.41, 5.74) is 0. The second-order valence-electron chi connectivity index (χ2n) is 3.94. The topological polar surface area (TPSA) is 16.1 Å². The Balaban J connectivity index is 0.000000337. The number of rotatable bonds is 1. The van der Waals surface area contributed by atoms with E-state index in [1.54, 1.807) is 0 Å². The van der Waals surface area contributed by atoms with Crippen molar-refractivity contribution in [2.45, 2.75) is 39.5 Å². The van der Waals surface area contributed by atoms with Crippen molar-refractivity contribution in [3.05, 3.63) is 24.4 Å². The summed E-state index contributed by atoms with van der Waals surface area (Å²) in [5, 5.41) is 0. The third kappa shape index (κ3) is 4.32. The van der Waals surface area contributed by atoms with Gasteiger partial charge in [-0.3, -0.25) is 0 Å². The van der Waals surface area contributed by atoms with Crippen LogP contribution in [0.15, 0.2) is 24.4 Å². The molecule has 0 N–H and O–H groups in total. The zero-order valence-electron chi connectivity index (χ0n) is 9.95. The summed E-state index contributed by atoms with van der Waals surface area (Å²) in [5.74, 6) is 1.14. The summed E-state index contributed by atoms with van der Waals surface area (Å²) in [4.78, 5) is 6.69. The summed E-state index contributed by atoms with van der Waals surface area (Å²) in [6, 6.07) is 6.11. The molecule has 0 radical (unpaired) electrons. The van der Waals surface area contributed by atoms with Gasteiger partial charge in [-0.1, -0.05) is 26.3 Å². The molecule has 0 saturated carbocycles. The minimum absolute atomic E-state index is 1.14. The van der Waals surface area contributed by atoms with E-state index in [9.17, 15) is 0 Å². The van der Waals surface area contributed by atoms with Crippen molar-refractivity contribution in [1.29, 1.82) is 0 Å². The van der Waals surface area contributed by atoms with Crippen LogP contribution in [0.3, 0.4) is 0 Å². The Bertz CT molecular complexity index is 240. The lowest BCUT2D eigenvalue weighted by atomic mass is 10.1. The Kier molecular flexibility index (Phi) is 5.83. The van der Waals surface area contributed by atoms with Gasteiger partial charge in [0.2, 0.25) is 0 Å². The van der Waals surface area contributed by atoms with E-state index in [-0.39, 0.29) is 0 Å². The van der Waals surface area contributed by atoms with Gasteiger partial charge in [-0.05, 0) is 31.4 Å². The fourth-order valence-electron chi connectivity index (χ4n) is 1.66. The van der Waals surface area contributed by atoms with Gasteiger partial charge in [0.15, 0.2) is 0 Å². The second-order valence-corrected chi connectivity index (χ2v) is 3.94. The predicted molar refractivity (Wildman–Crippen MR) is 66.3 cm³/mol. The average molecular weight is 206 g/mol. The van der Waals surface area contributed by atoms with E-state index in [0.717, 1.165) is 5.82 Å². The number of nitrogens with zero attached hydrogens (tertiary/aromatic N) is 2. The zero-order valence-corrected chi connectivity index (χ0v) is 9.95. The van der Waals surface area contributed by atoms with Crippen LogP contribution >= 0.6 is 0 Å². The van der Waals surface area contributed by atoms with Gasteiger partial charge in [0, 0.05) is 19.3 Å². The maximum atomic E-state index is 4.33. The van der Waals surface area contributed by atoms with E-state index < -0.39 is 0 Å². The molecule has 1 aromatic heterocycles. The Morgan fingerprint density at radius 3 is 2.33 bits per heavy atom. The van der Waals surface area contributed by atoms with Crippen LogP contribution in [0.5, 0.6) is 0 Å². The predicted octanol–water partition coefficient (Wildman–Crippen LogP) is 3.49. The summed E-state index contributed by atoms with van der Waals surface area (Å²) >= 11 is 0. The molecule has 2 rings (SSSR count). The first-order valence-electron chi connectivity index (χ1n) is 6.04. The van der Waals surface area contributed by atoms with E-state index in [1.807, 2.05) is 12.3 Å². The van der Waals surface area contributed by atoms with Crippen LogP contribution in [0.4, 0.5) is 5.82 Å². The van der Waals surface area contributed by atoms with Gasteiger partial charge in [0.05, 0.1) is 0 Å². The first-order chi connectivity index (χ1) is 7.38. The molecule has 1 saturated heterocycles. The molecule has 2 nitrogen and oxygen atoms in total. The highest BCUT2D eigenvalue weighted by molar-refractivity contribution is 5.37. The largest absolute Gasteiger partial charge is 0.357 e. The third-order valence-electron chi connectivity index (χ3n) is 2.33. The number of anilines is 1. The molecular formula is C13H22N2. The molecule has 0 unspecified atom stereocenters. The minimum atomic E-state index is 1.14. The highest BCUT2D eigenvalue weighted by Crippen LogP contribution is 2.15. The Hall–Kier alpha value is -1.05. The number of hydrogen-bond acceptors (Lipinski definition) is 2. The number of pyridine rings is 1. The van der Waals surface area contributed by atoms with Crippen molar-refractivity contribution < 1.29 is 0 Å². The maximum absolute atomic E-state index is 4.33. The van der Waals surface area contributed by atoms with Crippen LogP contribution in [-0.2, 0) is 0 Å². The molecule has 0 aromatic carbocycles. The molecule has 15 heavy (non-hydrogen) atoms. The van der Waals surface area contributed by atoms with Gasteiger partial charge in [-0.15, -0.1) is 0 Å². The van der Waals surface area contributed by atoms with Gasteiger partial charge < -0.3 is 4.90 Å². The van der Waals surface area contributed by atoms with Gasteiger partial charge in [-0.25, -0.2) is 4.98 Å². The monoisotopic (exact) mass is 206 g/mol. The van der Waals surface area contributed by atoms with E-state index in [1.165, 1.54) is 38.8 Å². The Morgan fingerprint density at radius 2 is 1.80 bits per heavy atom. The van der Waals surface area contributed by atoms with E-state index in [4.69, 9.17) is 0 Å². The molecule has 1 aliphatic heterocycles. The number of aromatic nitrogens is 1. The van der Waals surface area contributed by atoms with E-state index >= 15 is 0 Å². The third-order valence-corrected chi connectivity index (χ3v) is 2.33. The molecule has 2 heteroatoms. The van der Waals surface area contributed by atoms with Crippen LogP contribution in [0.25, 0.3) is 0 Å². The lowest BCUT2D eigenvalue weighted by Gasteiger charge is -2.27. The molecule has 1 aromatic rings. The molecule has 1 fully saturated rings. The molecule has 2 heterocycles. The van der Waals surface area contributed by atoms with Crippen LogP contribution < -0.4 is 4.90 Å². The summed E-state index contributed by atoms with van der Waals surface area (Å²) < 4.78 is 0. The molecular weight excluding hydrogens is 184 g/mol. The second kappa shape index (κ2) is 7.27. The number of hydrogen-bond donors (Lipinski definition) is 0.